The van der Waals surface area contributed by atoms with Crippen molar-refractivity contribution >= 4 is 28.3 Å². The summed E-state index contributed by atoms with van der Waals surface area (Å²) >= 11 is 1.38. The van der Waals surface area contributed by atoms with Gasteiger partial charge in [-0.3, -0.25) is 5.41 Å². The maximum atomic E-state index is 7.41. The number of aliphatic imine (C=N–C) groups is 1. The van der Waals surface area contributed by atoms with Crippen molar-refractivity contribution in [2.24, 2.45) is 22.2 Å². The standard InChI is InChI=1S/C12H14N6S/c13-10(14)8-3-1-2-7(4-8)5-9-6-19-12(17-9)18-11(15)16/h1-4,6H,5H2,(H3,13,14)(H4,15,16,17,18). The van der Waals surface area contributed by atoms with E-state index in [0.717, 1.165) is 11.3 Å². The van der Waals surface area contributed by atoms with Crippen molar-refractivity contribution in [3.8, 4) is 0 Å². The maximum absolute atomic E-state index is 7.41. The van der Waals surface area contributed by atoms with Crippen molar-refractivity contribution in [3.63, 3.8) is 0 Å². The lowest BCUT2D eigenvalue weighted by Gasteiger charge is -2.02. The first-order valence-electron chi connectivity index (χ1n) is 5.52. The Hall–Kier alpha value is -2.41. The number of aromatic nitrogens is 1. The van der Waals surface area contributed by atoms with Gasteiger partial charge >= 0.3 is 0 Å². The van der Waals surface area contributed by atoms with E-state index in [2.05, 4.69) is 9.98 Å². The Morgan fingerprint density at radius 1 is 1.32 bits per heavy atom. The number of guanidine groups is 1. The number of thiazole rings is 1. The summed E-state index contributed by atoms with van der Waals surface area (Å²) in [6.07, 6.45) is 0.650. The number of nitrogens with zero attached hydrogens (tertiary/aromatic N) is 2. The summed E-state index contributed by atoms with van der Waals surface area (Å²) in [5, 5.41) is 9.86. The molecule has 0 saturated carbocycles. The molecule has 6 nitrogen and oxygen atoms in total. The fourth-order valence-electron chi connectivity index (χ4n) is 1.60. The van der Waals surface area contributed by atoms with E-state index in [9.17, 15) is 0 Å². The zero-order chi connectivity index (χ0) is 13.8. The lowest BCUT2D eigenvalue weighted by molar-refractivity contribution is 1.10. The van der Waals surface area contributed by atoms with Crippen molar-refractivity contribution in [2.75, 3.05) is 0 Å². The Bertz CT molecular complexity index is 627. The molecule has 98 valence electrons. The van der Waals surface area contributed by atoms with Gasteiger partial charge in [0, 0.05) is 17.4 Å². The first kappa shape index (κ1) is 13.0. The van der Waals surface area contributed by atoms with Gasteiger partial charge in [0.25, 0.3) is 0 Å². The van der Waals surface area contributed by atoms with Gasteiger partial charge in [0.1, 0.15) is 5.84 Å². The maximum Gasteiger partial charge on any atom is 0.212 e. The molecular formula is C12H14N6S. The molecule has 1 aromatic carbocycles. The zero-order valence-corrected chi connectivity index (χ0v) is 10.9. The number of nitrogens with two attached hydrogens (primary N) is 3. The minimum Gasteiger partial charge on any atom is -0.384 e. The molecule has 0 bridgehead atoms. The van der Waals surface area contributed by atoms with Crippen LogP contribution in [0.1, 0.15) is 16.8 Å². The predicted octanol–water partition coefficient (Wildman–Crippen LogP) is 0.923. The van der Waals surface area contributed by atoms with E-state index in [4.69, 9.17) is 22.6 Å². The Labute approximate surface area is 114 Å². The van der Waals surface area contributed by atoms with E-state index in [1.165, 1.54) is 11.3 Å². The third-order valence-electron chi connectivity index (χ3n) is 2.39. The summed E-state index contributed by atoms with van der Waals surface area (Å²) < 4.78 is 0. The molecule has 0 amide bonds. The molecule has 0 unspecified atom stereocenters. The van der Waals surface area contributed by atoms with Gasteiger partial charge in [-0.2, -0.15) is 4.99 Å². The van der Waals surface area contributed by atoms with Crippen LogP contribution in [0.3, 0.4) is 0 Å². The minimum atomic E-state index is -0.000484. The lowest BCUT2D eigenvalue weighted by Crippen LogP contribution is -2.21. The van der Waals surface area contributed by atoms with E-state index in [1.54, 1.807) is 6.07 Å². The van der Waals surface area contributed by atoms with Crippen LogP contribution in [0.25, 0.3) is 0 Å². The molecule has 2 aromatic rings. The number of nitrogens with one attached hydrogen (secondary N) is 1. The summed E-state index contributed by atoms with van der Waals surface area (Å²) in [5.41, 5.74) is 18.7. The van der Waals surface area contributed by atoms with Crippen LogP contribution in [0, 0.1) is 5.41 Å². The lowest BCUT2D eigenvalue weighted by atomic mass is 10.1. The molecular weight excluding hydrogens is 260 g/mol. The number of benzene rings is 1. The summed E-state index contributed by atoms with van der Waals surface area (Å²) in [4.78, 5) is 8.20. The quantitative estimate of drug-likeness (QED) is 0.488. The van der Waals surface area contributed by atoms with Crippen molar-refractivity contribution in [2.45, 2.75) is 6.42 Å². The highest BCUT2D eigenvalue weighted by atomic mass is 32.1. The average molecular weight is 274 g/mol. The van der Waals surface area contributed by atoms with Crippen LogP contribution >= 0.6 is 11.3 Å². The normalized spacial score (nSPS) is 10.1. The van der Waals surface area contributed by atoms with Crippen molar-refractivity contribution in [3.05, 3.63) is 46.5 Å². The number of hydrogen-bond acceptors (Lipinski definition) is 4. The number of amidine groups is 1. The van der Waals surface area contributed by atoms with E-state index in [1.807, 2.05) is 23.6 Å². The summed E-state index contributed by atoms with van der Waals surface area (Å²) in [6, 6.07) is 7.51. The molecule has 1 heterocycles. The van der Waals surface area contributed by atoms with E-state index < -0.39 is 0 Å². The Morgan fingerprint density at radius 3 is 2.79 bits per heavy atom. The van der Waals surface area contributed by atoms with E-state index in [0.29, 0.717) is 17.1 Å². The minimum absolute atomic E-state index is 0.000484. The van der Waals surface area contributed by atoms with Crippen LogP contribution in [0.5, 0.6) is 0 Å². The van der Waals surface area contributed by atoms with E-state index >= 15 is 0 Å². The zero-order valence-electron chi connectivity index (χ0n) is 10.1. The second kappa shape index (κ2) is 5.49. The third-order valence-corrected chi connectivity index (χ3v) is 3.17. The van der Waals surface area contributed by atoms with Gasteiger partial charge in [0.2, 0.25) is 5.13 Å². The average Bonchev–Trinajstić information content (AvgIpc) is 2.76. The summed E-state index contributed by atoms with van der Waals surface area (Å²) in [5.74, 6) is 0.0563. The molecule has 0 aliphatic heterocycles. The van der Waals surface area contributed by atoms with Gasteiger partial charge in [-0.15, -0.1) is 11.3 Å². The van der Waals surface area contributed by atoms with E-state index in [-0.39, 0.29) is 11.8 Å². The first-order valence-corrected chi connectivity index (χ1v) is 6.40. The van der Waals surface area contributed by atoms with Gasteiger partial charge in [-0.25, -0.2) is 4.98 Å². The topological polar surface area (TPSA) is 127 Å². The molecule has 0 spiro atoms. The van der Waals surface area contributed by atoms with Gasteiger partial charge in [-0.05, 0) is 11.6 Å². The molecule has 0 aliphatic carbocycles. The molecule has 1 aromatic heterocycles. The molecule has 0 saturated heterocycles. The van der Waals surface area contributed by atoms with Crippen LogP contribution in [-0.4, -0.2) is 16.8 Å². The monoisotopic (exact) mass is 274 g/mol. The number of nitrogen functional groups attached to an aromatic ring is 1. The fraction of sp³-hybridized carbons (Fsp3) is 0.0833. The second-order valence-electron chi connectivity index (χ2n) is 3.95. The second-order valence-corrected chi connectivity index (χ2v) is 4.79. The number of rotatable bonds is 4. The van der Waals surface area contributed by atoms with Crippen LogP contribution in [0.2, 0.25) is 0 Å². The molecule has 0 atom stereocenters. The van der Waals surface area contributed by atoms with Gasteiger partial charge in [-0.1, -0.05) is 18.2 Å². The SMILES string of the molecule is N=C(N)c1cccc(Cc2csc(N=C(N)N)n2)c1. The third kappa shape index (κ3) is 3.52. The smallest absolute Gasteiger partial charge is 0.212 e. The Balaban J connectivity index is 2.17. The summed E-state index contributed by atoms with van der Waals surface area (Å²) in [7, 11) is 0. The molecule has 19 heavy (non-hydrogen) atoms. The number of hydrogen-bond donors (Lipinski definition) is 4. The molecule has 7 heteroatoms. The highest BCUT2D eigenvalue weighted by Crippen LogP contribution is 2.20. The highest BCUT2D eigenvalue weighted by molar-refractivity contribution is 7.13. The molecule has 0 aliphatic rings. The van der Waals surface area contributed by atoms with Crippen LogP contribution in [-0.2, 0) is 6.42 Å². The Kier molecular flexibility index (Phi) is 3.76. The first-order chi connectivity index (χ1) is 9.04. The predicted molar refractivity (Wildman–Crippen MR) is 77.8 cm³/mol. The van der Waals surface area contributed by atoms with Crippen molar-refractivity contribution < 1.29 is 0 Å². The summed E-state index contributed by atoms with van der Waals surface area (Å²) in [6.45, 7) is 0. The van der Waals surface area contributed by atoms with Crippen LogP contribution < -0.4 is 17.2 Å². The van der Waals surface area contributed by atoms with Crippen LogP contribution in [0.15, 0.2) is 34.6 Å². The highest BCUT2D eigenvalue weighted by Gasteiger charge is 2.04. The van der Waals surface area contributed by atoms with Crippen molar-refractivity contribution in [1.29, 1.82) is 5.41 Å². The van der Waals surface area contributed by atoms with Gasteiger partial charge in [0.15, 0.2) is 5.96 Å². The van der Waals surface area contributed by atoms with Gasteiger partial charge < -0.3 is 17.2 Å². The molecule has 7 N–H and O–H groups in total. The fourth-order valence-corrected chi connectivity index (χ4v) is 2.30. The molecule has 0 radical (unpaired) electrons. The Morgan fingerprint density at radius 2 is 2.11 bits per heavy atom. The van der Waals surface area contributed by atoms with Crippen LogP contribution in [0.4, 0.5) is 5.13 Å². The molecule has 0 fully saturated rings. The molecule has 2 rings (SSSR count). The van der Waals surface area contributed by atoms with Crippen molar-refractivity contribution in [1.82, 2.24) is 4.98 Å². The van der Waals surface area contributed by atoms with Gasteiger partial charge in [0.05, 0.1) is 5.69 Å². The largest absolute Gasteiger partial charge is 0.384 e.